The van der Waals surface area contributed by atoms with Crippen LogP contribution in [0.2, 0.25) is 10.0 Å². The number of carbonyl (C=O) groups excluding carboxylic acids is 2. The predicted molar refractivity (Wildman–Crippen MR) is 174 cm³/mol. The van der Waals surface area contributed by atoms with Crippen molar-refractivity contribution in [2.45, 2.75) is 63.0 Å². The van der Waals surface area contributed by atoms with Gasteiger partial charge >= 0.3 is 0 Å². The van der Waals surface area contributed by atoms with E-state index in [1.807, 2.05) is 24.8 Å². The zero-order valence-corrected chi connectivity index (χ0v) is 26.8. The van der Waals surface area contributed by atoms with Gasteiger partial charge in [0, 0.05) is 57.4 Å². The van der Waals surface area contributed by atoms with E-state index in [0.717, 1.165) is 37.2 Å². The summed E-state index contributed by atoms with van der Waals surface area (Å²) in [5.74, 6) is -0.331. The smallest absolute Gasteiger partial charge is 0.256 e. The summed E-state index contributed by atoms with van der Waals surface area (Å²) >= 11 is 12.6. The van der Waals surface area contributed by atoms with E-state index in [0.29, 0.717) is 56.2 Å². The Bertz CT molecular complexity index is 1530. The largest absolute Gasteiger partial charge is 0.358 e. The molecule has 2 amide bonds. The van der Waals surface area contributed by atoms with Gasteiger partial charge in [0.05, 0.1) is 22.1 Å². The molecule has 4 heterocycles. The fourth-order valence-electron chi connectivity index (χ4n) is 6.83. The van der Waals surface area contributed by atoms with Crippen molar-refractivity contribution in [3.63, 3.8) is 0 Å². The summed E-state index contributed by atoms with van der Waals surface area (Å²) in [6.07, 6.45) is 10.2. The number of rotatable bonds is 6. The van der Waals surface area contributed by atoms with Gasteiger partial charge in [-0.3, -0.25) is 18.7 Å². The second-order valence-corrected chi connectivity index (χ2v) is 15.1. The number of halogens is 2. The van der Waals surface area contributed by atoms with E-state index in [9.17, 15) is 18.7 Å². The average molecular weight is 646 g/mol. The number of likely N-dealkylation sites (tertiary alicyclic amines) is 2. The number of aromatic nitrogens is 1. The molecular formula is C32H38Cl2N4O4S. The minimum atomic E-state index is -3.19. The molecule has 0 spiro atoms. The van der Waals surface area contributed by atoms with Crippen molar-refractivity contribution in [2.75, 3.05) is 26.2 Å². The Hall–Kier alpha value is -2.53. The predicted octanol–water partition coefficient (Wildman–Crippen LogP) is 6.69. The first-order chi connectivity index (χ1) is 20.5. The molecule has 0 saturated carbocycles. The Morgan fingerprint density at radius 3 is 2.44 bits per heavy atom. The quantitative estimate of drug-likeness (QED) is 0.262. The third kappa shape index (κ3) is 5.95. The monoisotopic (exact) mass is 644 g/mol. The number of aryl methyl sites for hydroxylation is 1. The topological polar surface area (TPSA) is 109 Å². The van der Waals surface area contributed by atoms with Crippen LogP contribution in [-0.4, -0.2) is 73.2 Å². The van der Waals surface area contributed by atoms with Gasteiger partial charge < -0.3 is 20.1 Å². The van der Waals surface area contributed by atoms with E-state index in [2.05, 4.69) is 15.2 Å². The molecule has 230 valence electrons. The lowest BCUT2D eigenvalue weighted by molar-refractivity contribution is -0.115. The van der Waals surface area contributed by atoms with Crippen LogP contribution in [0.15, 0.2) is 47.2 Å². The van der Waals surface area contributed by atoms with Crippen molar-refractivity contribution in [1.82, 2.24) is 20.1 Å². The maximum Gasteiger partial charge on any atom is 0.256 e. The molecule has 43 heavy (non-hydrogen) atoms. The van der Waals surface area contributed by atoms with E-state index in [4.69, 9.17) is 23.2 Å². The second kappa shape index (κ2) is 12.1. The van der Waals surface area contributed by atoms with E-state index in [1.165, 1.54) is 25.9 Å². The van der Waals surface area contributed by atoms with E-state index >= 15 is 0 Å². The first kappa shape index (κ1) is 30.5. The van der Waals surface area contributed by atoms with Crippen LogP contribution in [-0.2, 0) is 10.5 Å². The van der Waals surface area contributed by atoms with Crippen LogP contribution in [0.1, 0.15) is 65.0 Å². The molecular weight excluding hydrogens is 607 g/mol. The van der Waals surface area contributed by atoms with Crippen LogP contribution in [0.4, 0.5) is 0 Å². The van der Waals surface area contributed by atoms with Gasteiger partial charge in [0.25, 0.3) is 11.8 Å². The van der Waals surface area contributed by atoms with Crippen molar-refractivity contribution < 1.29 is 18.7 Å². The normalized spacial score (nSPS) is 22.9. The van der Waals surface area contributed by atoms with Crippen molar-refractivity contribution in [2.24, 2.45) is 0 Å². The number of aromatic amines is 1. The molecule has 0 radical (unpaired) electrons. The van der Waals surface area contributed by atoms with Gasteiger partial charge in [-0.25, -0.2) is 0 Å². The first-order valence-corrected chi connectivity index (χ1v) is 17.4. The molecule has 3 aliphatic heterocycles. The lowest BCUT2D eigenvalue weighted by atomic mass is 9.98. The van der Waals surface area contributed by atoms with E-state index in [1.54, 1.807) is 30.4 Å². The SMILES string of the molecule is Cc1[nH]c(/C=C2\C(=O)NC3=CCC(S(O)(O)Cc4c(Cl)cccc4Cl)C=C32)c(C)c1C(=O)N1CCC(N2CCCC2)CC1. The van der Waals surface area contributed by atoms with Crippen molar-refractivity contribution in [1.29, 1.82) is 0 Å². The van der Waals surface area contributed by atoms with Gasteiger partial charge in [0.2, 0.25) is 0 Å². The van der Waals surface area contributed by atoms with Crippen LogP contribution >= 0.6 is 33.8 Å². The van der Waals surface area contributed by atoms with E-state index in [-0.39, 0.29) is 17.6 Å². The Morgan fingerprint density at radius 1 is 1.09 bits per heavy atom. The Labute approximate surface area is 264 Å². The number of fused-ring (bicyclic) bond motifs is 1. The molecule has 4 aliphatic rings. The lowest BCUT2D eigenvalue weighted by Crippen LogP contribution is -2.46. The standard InChI is InChI=1S/C32H38Cl2N4O4S/c1-19-29(35-20(2)30(19)32(40)38-14-10-21(11-15-38)37-12-3-4-13-37)17-24-23-16-22(8-9-28(23)36-31(24)39)43(41,42)18-25-26(33)6-5-7-27(25)34/h5-7,9,16-17,21-22,35,41-42H,3-4,8,10-15,18H2,1-2H3,(H,36,39)/b24-17-. The number of amides is 2. The molecule has 1 aromatic heterocycles. The average Bonchev–Trinajstić information content (AvgIpc) is 3.69. The highest BCUT2D eigenvalue weighted by atomic mass is 35.5. The maximum absolute atomic E-state index is 13.7. The fourth-order valence-corrected chi connectivity index (χ4v) is 9.23. The van der Waals surface area contributed by atoms with Gasteiger partial charge in [-0.05, 0) is 82.8 Å². The van der Waals surface area contributed by atoms with Gasteiger partial charge in [-0.2, -0.15) is 10.6 Å². The number of hydrogen-bond acceptors (Lipinski definition) is 5. The molecule has 6 rings (SSSR count). The summed E-state index contributed by atoms with van der Waals surface area (Å²) in [6.45, 7) is 7.64. The number of benzene rings is 1. The minimum Gasteiger partial charge on any atom is -0.358 e. The zero-order valence-electron chi connectivity index (χ0n) is 24.5. The Morgan fingerprint density at radius 2 is 1.77 bits per heavy atom. The number of hydrogen-bond donors (Lipinski definition) is 4. The van der Waals surface area contributed by atoms with Gasteiger partial charge in [-0.15, -0.1) is 0 Å². The Kier molecular flexibility index (Phi) is 8.58. The number of H-pyrrole nitrogens is 1. The van der Waals surface area contributed by atoms with Crippen LogP contribution < -0.4 is 5.32 Å². The third-order valence-corrected chi connectivity index (χ3v) is 12.0. The molecule has 1 aliphatic carbocycles. The van der Waals surface area contributed by atoms with Crippen molar-refractivity contribution in [3.05, 3.63) is 85.3 Å². The third-order valence-electron chi connectivity index (χ3n) is 9.27. The molecule has 4 N–H and O–H groups in total. The van der Waals surface area contributed by atoms with Gasteiger partial charge in [-0.1, -0.05) is 41.4 Å². The molecule has 3 saturated heterocycles. The summed E-state index contributed by atoms with van der Waals surface area (Å²) in [6, 6.07) is 5.63. The summed E-state index contributed by atoms with van der Waals surface area (Å²) in [4.78, 5) is 34.6. The number of nitrogens with zero attached hydrogens (tertiary/aromatic N) is 2. The van der Waals surface area contributed by atoms with Crippen LogP contribution in [0, 0.1) is 13.8 Å². The lowest BCUT2D eigenvalue weighted by Gasteiger charge is -2.40. The molecule has 1 atom stereocenters. The number of piperidine rings is 1. The minimum absolute atomic E-state index is 0.0244. The van der Waals surface area contributed by atoms with Crippen LogP contribution in [0.25, 0.3) is 6.08 Å². The molecule has 0 bridgehead atoms. The summed E-state index contributed by atoms with van der Waals surface area (Å²) in [7, 11) is -3.19. The number of carbonyl (C=O) groups is 2. The Balaban J connectivity index is 1.23. The molecule has 1 unspecified atom stereocenters. The second-order valence-electron chi connectivity index (χ2n) is 12.0. The highest BCUT2D eigenvalue weighted by molar-refractivity contribution is 8.24. The van der Waals surface area contributed by atoms with Crippen molar-refractivity contribution in [3.8, 4) is 0 Å². The van der Waals surface area contributed by atoms with Crippen LogP contribution in [0.3, 0.4) is 0 Å². The fraction of sp³-hybridized carbons (Fsp3) is 0.438. The highest BCUT2D eigenvalue weighted by Gasteiger charge is 2.36. The van der Waals surface area contributed by atoms with Crippen molar-refractivity contribution >= 4 is 51.7 Å². The summed E-state index contributed by atoms with van der Waals surface area (Å²) < 4.78 is 22.4. The molecule has 8 nitrogen and oxygen atoms in total. The summed E-state index contributed by atoms with van der Waals surface area (Å²) in [5, 5.41) is 3.04. The molecule has 1 aromatic carbocycles. The van der Waals surface area contributed by atoms with E-state index < -0.39 is 15.8 Å². The number of allylic oxidation sites excluding steroid dienone is 2. The highest BCUT2D eigenvalue weighted by Crippen LogP contribution is 2.53. The maximum atomic E-state index is 13.7. The zero-order chi connectivity index (χ0) is 30.5. The van der Waals surface area contributed by atoms with Crippen LogP contribution in [0.5, 0.6) is 0 Å². The molecule has 2 aromatic rings. The first-order valence-electron chi connectivity index (χ1n) is 14.9. The molecule has 11 heteroatoms. The molecule has 3 fully saturated rings. The van der Waals surface area contributed by atoms with Gasteiger partial charge in [0.1, 0.15) is 0 Å². The van der Waals surface area contributed by atoms with Gasteiger partial charge in [0.15, 0.2) is 0 Å². The number of nitrogens with one attached hydrogen (secondary N) is 2. The summed E-state index contributed by atoms with van der Waals surface area (Å²) in [5.41, 5.74) is 5.09.